The van der Waals surface area contributed by atoms with Crippen molar-refractivity contribution in [1.82, 2.24) is 5.43 Å². The maximum atomic E-state index is 14.0. The quantitative estimate of drug-likeness (QED) is 0.117. The summed E-state index contributed by atoms with van der Waals surface area (Å²) in [6.07, 6.45) is 1.51. The average molecular weight is 584 g/mol. The van der Waals surface area contributed by atoms with Gasteiger partial charge in [0.15, 0.2) is 0 Å². The smallest absolute Gasteiger partial charge is 0.340 e. The molecular formula is C33H35N3O3P2. The van der Waals surface area contributed by atoms with Crippen LogP contribution in [0.4, 0.5) is 4.79 Å². The molecule has 0 saturated carbocycles. The lowest BCUT2D eigenvalue weighted by atomic mass is 10.3. The van der Waals surface area contributed by atoms with Gasteiger partial charge in [0.05, 0.1) is 17.6 Å². The summed E-state index contributed by atoms with van der Waals surface area (Å²) in [5.41, 5.74) is 8.08. The fourth-order valence-electron chi connectivity index (χ4n) is 4.99. The van der Waals surface area contributed by atoms with Crippen molar-refractivity contribution in [3.8, 4) is 0 Å². The molecule has 0 aromatic heterocycles. The van der Waals surface area contributed by atoms with Gasteiger partial charge in [0.25, 0.3) is 0 Å². The summed E-state index contributed by atoms with van der Waals surface area (Å²) in [5, 5.41) is 9.37. The number of benzene rings is 4. The Morgan fingerprint density at radius 2 is 1.22 bits per heavy atom. The monoisotopic (exact) mass is 583 g/mol. The molecule has 0 spiro atoms. The molecule has 4 rings (SSSR count). The van der Waals surface area contributed by atoms with Crippen LogP contribution in [0.2, 0.25) is 0 Å². The lowest BCUT2D eigenvalue weighted by Crippen LogP contribution is -2.37. The zero-order chi connectivity index (χ0) is 29.1. The number of amides is 2. The van der Waals surface area contributed by atoms with E-state index >= 15 is 0 Å². The first-order chi connectivity index (χ1) is 20.0. The van der Waals surface area contributed by atoms with Gasteiger partial charge in [-0.1, -0.05) is 121 Å². The Labute approximate surface area is 243 Å². The Morgan fingerprint density at radius 3 is 1.63 bits per heavy atom. The lowest BCUT2D eigenvalue weighted by Gasteiger charge is -2.33. The van der Waals surface area contributed by atoms with Crippen LogP contribution in [0.15, 0.2) is 126 Å². The molecule has 3 N–H and O–H groups in total. The Morgan fingerprint density at radius 1 is 0.780 bits per heavy atom. The maximum Gasteiger partial charge on any atom is 0.340 e. The number of ether oxygens (including phenoxy) is 1. The number of nitrogens with one attached hydrogen (secondary N) is 1. The van der Waals surface area contributed by atoms with E-state index in [1.165, 1.54) is 10.6 Å². The number of hydrogen-bond acceptors (Lipinski definition) is 4. The molecule has 4 aromatic carbocycles. The normalized spacial score (nSPS) is 11.6. The zero-order valence-corrected chi connectivity index (χ0v) is 25.1. The highest BCUT2D eigenvalue weighted by Gasteiger charge is 2.34. The Bertz CT molecular complexity index is 1440. The second-order valence-electron chi connectivity index (χ2n) is 9.27. The molecule has 0 heterocycles. The van der Waals surface area contributed by atoms with Gasteiger partial charge in [-0.05, 0) is 62.2 Å². The van der Waals surface area contributed by atoms with Crippen LogP contribution in [0.3, 0.4) is 0 Å². The first kappa shape index (κ1) is 30.0. The van der Waals surface area contributed by atoms with E-state index in [9.17, 15) is 9.59 Å². The highest BCUT2D eigenvalue weighted by Crippen LogP contribution is 2.50. The summed E-state index contributed by atoms with van der Waals surface area (Å²) in [4.78, 5) is 25.6. The molecule has 0 unspecified atom stereocenters. The standard InChI is InChI=1S/C33H35N3O3P2/c1-3-39-32(37)31(26(2)35-36-33(34)38)41(29-20-12-6-13-21-29,30-22-14-7-15-23-30)25-24-40(27-16-8-4-9-17-27)28-18-10-5-11-19-28/h4-23H,3,24-25H2,1-2H3,(H3,34,36,38)/b35-26-. The number of carbonyl (C=O) groups is 2. The number of hydrogen-bond donors (Lipinski definition) is 2. The topological polar surface area (TPSA) is 93.8 Å². The molecule has 6 nitrogen and oxygen atoms in total. The SMILES string of the molecule is CCOC(=O)C(/C(C)=N\NC(N)=O)=P(CCP(c1ccccc1)c1ccccc1)(c1ccccc1)c1ccccc1. The van der Waals surface area contributed by atoms with Gasteiger partial charge in [-0.2, -0.15) is 5.10 Å². The van der Waals surface area contributed by atoms with Crippen molar-refractivity contribution in [2.45, 2.75) is 13.8 Å². The summed E-state index contributed by atoms with van der Waals surface area (Å²) >= 11 is 0. The van der Waals surface area contributed by atoms with Crippen molar-refractivity contribution in [1.29, 1.82) is 0 Å². The largest absolute Gasteiger partial charge is 0.462 e. The Kier molecular flexibility index (Phi) is 10.7. The second-order valence-corrected chi connectivity index (χ2v) is 15.2. The van der Waals surface area contributed by atoms with Gasteiger partial charge in [0.1, 0.15) is 0 Å². The number of urea groups is 1. The number of primary amides is 1. The third-order valence-electron chi connectivity index (χ3n) is 6.72. The van der Waals surface area contributed by atoms with Gasteiger partial charge in [-0.25, -0.2) is 15.0 Å². The third kappa shape index (κ3) is 7.21. The van der Waals surface area contributed by atoms with Crippen molar-refractivity contribution in [3.63, 3.8) is 0 Å². The highest BCUT2D eigenvalue weighted by molar-refractivity contribution is 7.92. The van der Waals surface area contributed by atoms with Crippen molar-refractivity contribution in [3.05, 3.63) is 121 Å². The fourth-order valence-corrected chi connectivity index (χ4v) is 12.8. The fraction of sp³-hybridized carbons (Fsp3) is 0.152. The van der Waals surface area contributed by atoms with E-state index < -0.39 is 26.8 Å². The number of esters is 1. The van der Waals surface area contributed by atoms with Crippen molar-refractivity contribution in [2.24, 2.45) is 10.8 Å². The number of carbonyl (C=O) groups excluding carboxylic acids is 2. The minimum atomic E-state index is -2.67. The van der Waals surface area contributed by atoms with Crippen LogP contribution in [-0.4, -0.2) is 41.9 Å². The molecule has 0 radical (unpaired) electrons. The van der Waals surface area contributed by atoms with Crippen molar-refractivity contribution >= 4 is 59.0 Å². The average Bonchev–Trinajstić information content (AvgIpc) is 3.01. The summed E-state index contributed by atoms with van der Waals surface area (Å²) in [6.45, 7) is 1.07. The van der Waals surface area contributed by atoms with E-state index in [1.54, 1.807) is 13.8 Å². The van der Waals surface area contributed by atoms with Crippen LogP contribution in [0.25, 0.3) is 0 Å². The molecule has 4 aromatic rings. The summed E-state index contributed by atoms with van der Waals surface area (Å²) in [7, 11) is -0.753. The zero-order valence-electron chi connectivity index (χ0n) is 23.3. The van der Waals surface area contributed by atoms with Gasteiger partial charge >= 0.3 is 12.0 Å². The minimum Gasteiger partial charge on any atom is -0.462 e. The maximum absolute atomic E-state index is 14.0. The van der Waals surface area contributed by atoms with E-state index in [-0.39, 0.29) is 6.61 Å². The Hall–Kier alpha value is -3.98. The van der Waals surface area contributed by atoms with E-state index in [4.69, 9.17) is 10.5 Å². The molecule has 0 bridgehead atoms. The summed E-state index contributed by atoms with van der Waals surface area (Å²) in [6, 6.07) is 40.6. The van der Waals surface area contributed by atoms with Crippen molar-refractivity contribution in [2.75, 3.05) is 18.9 Å². The number of rotatable bonds is 11. The lowest BCUT2D eigenvalue weighted by molar-refractivity contribution is -0.134. The van der Waals surface area contributed by atoms with Gasteiger partial charge < -0.3 is 10.5 Å². The van der Waals surface area contributed by atoms with Gasteiger partial charge in [0.2, 0.25) is 0 Å². The third-order valence-corrected chi connectivity index (χ3v) is 14.1. The number of hydrazone groups is 1. The van der Waals surface area contributed by atoms with Crippen LogP contribution in [0.1, 0.15) is 13.8 Å². The van der Waals surface area contributed by atoms with Crippen LogP contribution >= 0.6 is 14.8 Å². The predicted octanol–water partition coefficient (Wildman–Crippen LogP) is 4.57. The van der Waals surface area contributed by atoms with E-state index in [2.05, 4.69) is 83.3 Å². The molecule has 0 saturated heterocycles. The van der Waals surface area contributed by atoms with Crippen LogP contribution in [0.5, 0.6) is 0 Å². The van der Waals surface area contributed by atoms with Crippen LogP contribution in [-0.2, 0) is 9.53 Å². The van der Waals surface area contributed by atoms with Crippen LogP contribution < -0.4 is 32.4 Å². The minimum absolute atomic E-state index is 0.211. The predicted molar refractivity (Wildman–Crippen MR) is 175 cm³/mol. The summed E-state index contributed by atoms with van der Waals surface area (Å²) in [5.74, 6) is -0.440. The molecular weight excluding hydrogens is 548 g/mol. The highest BCUT2D eigenvalue weighted by atomic mass is 31.2. The molecule has 41 heavy (non-hydrogen) atoms. The molecule has 2 amide bonds. The molecule has 8 heteroatoms. The van der Waals surface area contributed by atoms with Crippen LogP contribution in [0, 0.1) is 0 Å². The second kappa shape index (κ2) is 14.6. The number of nitrogens with zero attached hydrogens (tertiary/aromatic N) is 1. The Balaban J connectivity index is 2.04. The molecule has 0 aliphatic carbocycles. The van der Waals surface area contributed by atoms with E-state index in [0.29, 0.717) is 17.2 Å². The first-order valence-corrected chi connectivity index (χ1v) is 17.0. The molecule has 210 valence electrons. The van der Waals surface area contributed by atoms with Gasteiger partial charge in [-0.15, -0.1) is 0 Å². The van der Waals surface area contributed by atoms with E-state index in [1.807, 2.05) is 48.5 Å². The molecule has 0 aliphatic rings. The van der Waals surface area contributed by atoms with E-state index in [0.717, 1.165) is 16.8 Å². The van der Waals surface area contributed by atoms with Crippen molar-refractivity contribution < 1.29 is 14.3 Å². The van der Waals surface area contributed by atoms with Gasteiger partial charge in [0, 0.05) is 0 Å². The molecule has 0 fully saturated rings. The molecule has 0 aliphatic heterocycles. The summed E-state index contributed by atoms with van der Waals surface area (Å²) < 4.78 is 5.69. The first-order valence-electron chi connectivity index (χ1n) is 13.5. The molecule has 0 atom stereocenters. The van der Waals surface area contributed by atoms with Gasteiger partial charge in [-0.3, -0.25) is 0 Å². The number of nitrogens with two attached hydrogens (primary N) is 1.